The van der Waals surface area contributed by atoms with Crippen LogP contribution in [0, 0.1) is 0 Å². The van der Waals surface area contributed by atoms with Crippen LogP contribution in [0.5, 0.6) is 0 Å². The van der Waals surface area contributed by atoms with E-state index in [1.807, 2.05) is 28.8 Å². The van der Waals surface area contributed by atoms with Crippen LogP contribution in [-0.4, -0.2) is 26.3 Å². The second-order valence-corrected chi connectivity index (χ2v) is 7.10. The summed E-state index contributed by atoms with van der Waals surface area (Å²) in [6.07, 6.45) is 2.24. The third-order valence-corrected chi connectivity index (χ3v) is 4.95. The molecule has 1 unspecified atom stereocenters. The maximum atomic E-state index is 13.0. The zero-order valence-corrected chi connectivity index (χ0v) is 14.7. The molecule has 1 atom stereocenters. The maximum Gasteiger partial charge on any atom is 0.333 e. The van der Waals surface area contributed by atoms with Gasteiger partial charge in [-0.05, 0) is 55.2 Å². The second-order valence-electron chi connectivity index (χ2n) is 6.67. The van der Waals surface area contributed by atoms with E-state index >= 15 is 0 Å². The van der Waals surface area contributed by atoms with Crippen molar-refractivity contribution in [2.24, 2.45) is 5.73 Å². The average Bonchev–Trinajstić information content (AvgIpc) is 3.39. The molecule has 1 heterocycles. The molecule has 3 N–H and O–H groups in total. The summed E-state index contributed by atoms with van der Waals surface area (Å²) in [7, 11) is 0. The number of aliphatic carboxylic acids is 1. The first-order valence-corrected chi connectivity index (χ1v) is 8.83. The van der Waals surface area contributed by atoms with Gasteiger partial charge in [0, 0.05) is 11.1 Å². The van der Waals surface area contributed by atoms with Crippen molar-refractivity contribution in [1.82, 2.24) is 9.13 Å². The largest absolute Gasteiger partial charge is 0.480 e. The van der Waals surface area contributed by atoms with Crippen molar-refractivity contribution in [2.75, 3.05) is 0 Å². The van der Waals surface area contributed by atoms with E-state index in [9.17, 15) is 9.59 Å². The van der Waals surface area contributed by atoms with Crippen LogP contribution in [0.1, 0.15) is 24.4 Å². The van der Waals surface area contributed by atoms with Crippen molar-refractivity contribution in [2.45, 2.75) is 31.3 Å². The second kappa shape index (κ2) is 6.30. The number of nitrogens with zero attached hydrogens (tertiary/aromatic N) is 2. The van der Waals surface area contributed by atoms with Crippen molar-refractivity contribution < 1.29 is 9.90 Å². The molecule has 0 bridgehead atoms. The number of imidazole rings is 1. The minimum absolute atomic E-state index is 0.0836. The van der Waals surface area contributed by atoms with Gasteiger partial charge in [0.05, 0.1) is 16.7 Å². The molecule has 0 radical (unpaired) electrons. The summed E-state index contributed by atoms with van der Waals surface area (Å²) >= 11 is 6.13. The average molecular weight is 372 g/mol. The van der Waals surface area contributed by atoms with Crippen molar-refractivity contribution in [3.8, 4) is 5.69 Å². The number of carbonyl (C=O) groups is 1. The van der Waals surface area contributed by atoms with E-state index < -0.39 is 12.0 Å². The van der Waals surface area contributed by atoms with Crippen LogP contribution in [0.2, 0.25) is 5.02 Å². The van der Waals surface area contributed by atoms with E-state index in [4.69, 9.17) is 22.4 Å². The summed E-state index contributed by atoms with van der Waals surface area (Å²) in [6.45, 7) is 0. The number of carboxylic acids is 1. The lowest BCUT2D eigenvalue weighted by Gasteiger charge is -2.08. The molecule has 1 aromatic heterocycles. The van der Waals surface area contributed by atoms with Crippen molar-refractivity contribution in [3.05, 3.63) is 63.5 Å². The lowest BCUT2D eigenvalue weighted by molar-refractivity contribution is -0.138. The number of carboxylic acid groups (broad SMARTS) is 1. The standard InChI is InChI=1S/C19H18ClN3O3/c20-12-3-8-16-17(10-12)23(14-6-7-14)19(26)22(16)13-4-1-11(2-5-13)9-15(21)18(24)25/h1-5,8,10,14-15H,6-7,9,21H2,(H,24,25). The fourth-order valence-corrected chi connectivity index (χ4v) is 3.42. The van der Waals surface area contributed by atoms with E-state index in [-0.39, 0.29) is 18.2 Å². The Kier molecular flexibility index (Phi) is 4.09. The van der Waals surface area contributed by atoms with Crippen LogP contribution in [0.4, 0.5) is 0 Å². The number of rotatable bonds is 5. The fraction of sp³-hybridized carbons (Fsp3) is 0.263. The van der Waals surface area contributed by atoms with Gasteiger partial charge < -0.3 is 10.8 Å². The van der Waals surface area contributed by atoms with Crippen LogP contribution in [0.25, 0.3) is 16.7 Å². The Hall–Kier alpha value is -2.57. The number of aromatic nitrogens is 2. The smallest absolute Gasteiger partial charge is 0.333 e. The number of benzene rings is 2. The molecule has 0 saturated heterocycles. The SMILES string of the molecule is NC(Cc1ccc(-n2c(=O)n(C3CC3)c3cc(Cl)ccc32)cc1)C(=O)O. The molecule has 0 amide bonds. The Morgan fingerprint density at radius 3 is 2.50 bits per heavy atom. The molecule has 0 spiro atoms. The molecule has 0 aliphatic heterocycles. The van der Waals surface area contributed by atoms with Crippen molar-refractivity contribution in [1.29, 1.82) is 0 Å². The highest BCUT2D eigenvalue weighted by atomic mass is 35.5. The maximum absolute atomic E-state index is 13.0. The Labute approximate surface area is 154 Å². The highest BCUT2D eigenvalue weighted by Gasteiger charge is 2.29. The number of fused-ring (bicyclic) bond motifs is 1. The molecule has 6 nitrogen and oxygen atoms in total. The predicted molar refractivity (Wildman–Crippen MR) is 100 cm³/mol. The van der Waals surface area contributed by atoms with Gasteiger partial charge in [-0.3, -0.25) is 13.9 Å². The van der Waals surface area contributed by atoms with E-state index in [1.54, 1.807) is 22.8 Å². The molecule has 3 aromatic rings. The Bertz CT molecular complexity index is 1050. The van der Waals surface area contributed by atoms with Gasteiger partial charge in [-0.1, -0.05) is 23.7 Å². The van der Waals surface area contributed by atoms with Crippen LogP contribution >= 0.6 is 11.6 Å². The van der Waals surface area contributed by atoms with Gasteiger partial charge in [-0.25, -0.2) is 4.79 Å². The Morgan fingerprint density at radius 2 is 1.88 bits per heavy atom. The van der Waals surface area contributed by atoms with Gasteiger partial charge in [0.1, 0.15) is 6.04 Å². The zero-order valence-electron chi connectivity index (χ0n) is 13.9. The summed E-state index contributed by atoms with van der Waals surface area (Å²) in [4.78, 5) is 23.9. The lowest BCUT2D eigenvalue weighted by atomic mass is 10.1. The third-order valence-electron chi connectivity index (χ3n) is 4.71. The predicted octanol–water partition coefficient (Wildman–Crippen LogP) is 2.73. The normalized spacial score (nSPS) is 15.3. The summed E-state index contributed by atoms with van der Waals surface area (Å²) in [6, 6.07) is 12.0. The van der Waals surface area contributed by atoms with Crippen LogP contribution < -0.4 is 11.4 Å². The van der Waals surface area contributed by atoms with E-state index in [2.05, 4.69) is 0 Å². The quantitative estimate of drug-likeness (QED) is 0.721. The summed E-state index contributed by atoms with van der Waals surface area (Å²) < 4.78 is 3.49. The molecule has 2 aromatic carbocycles. The fourth-order valence-electron chi connectivity index (χ4n) is 3.25. The minimum atomic E-state index is -1.03. The number of halogens is 1. The van der Waals surface area contributed by atoms with Gasteiger partial charge in [-0.15, -0.1) is 0 Å². The van der Waals surface area contributed by atoms with Gasteiger partial charge in [0.25, 0.3) is 0 Å². The molecular weight excluding hydrogens is 354 g/mol. The number of nitrogens with two attached hydrogens (primary N) is 1. The van der Waals surface area contributed by atoms with Crippen LogP contribution in [0.3, 0.4) is 0 Å². The van der Waals surface area contributed by atoms with Gasteiger partial charge in [0.15, 0.2) is 0 Å². The van der Waals surface area contributed by atoms with Gasteiger partial charge >= 0.3 is 11.7 Å². The first-order chi connectivity index (χ1) is 12.5. The summed E-state index contributed by atoms with van der Waals surface area (Å²) in [5.74, 6) is -1.03. The third kappa shape index (κ3) is 2.91. The highest BCUT2D eigenvalue weighted by molar-refractivity contribution is 6.31. The molecule has 1 aliphatic rings. The van der Waals surface area contributed by atoms with E-state index in [1.165, 1.54) is 0 Å². The zero-order chi connectivity index (χ0) is 18.4. The Morgan fingerprint density at radius 1 is 1.19 bits per heavy atom. The lowest BCUT2D eigenvalue weighted by Crippen LogP contribution is -2.32. The molecule has 1 saturated carbocycles. The molecule has 26 heavy (non-hydrogen) atoms. The highest BCUT2D eigenvalue weighted by Crippen LogP contribution is 2.37. The molecule has 1 aliphatic carbocycles. The summed E-state index contributed by atoms with van der Waals surface area (Å²) in [5.41, 5.74) is 8.68. The summed E-state index contributed by atoms with van der Waals surface area (Å²) in [5, 5.41) is 9.53. The number of hydrogen-bond donors (Lipinski definition) is 2. The Balaban J connectivity index is 1.78. The van der Waals surface area contributed by atoms with Crippen molar-refractivity contribution in [3.63, 3.8) is 0 Å². The monoisotopic (exact) mass is 371 g/mol. The first kappa shape index (κ1) is 16.9. The topological polar surface area (TPSA) is 90.2 Å². The molecule has 4 rings (SSSR count). The first-order valence-electron chi connectivity index (χ1n) is 8.46. The van der Waals surface area contributed by atoms with Gasteiger partial charge in [-0.2, -0.15) is 0 Å². The van der Waals surface area contributed by atoms with E-state index in [0.717, 1.165) is 35.1 Å². The van der Waals surface area contributed by atoms with Crippen LogP contribution in [-0.2, 0) is 11.2 Å². The number of hydrogen-bond acceptors (Lipinski definition) is 3. The molecule has 134 valence electrons. The minimum Gasteiger partial charge on any atom is -0.480 e. The van der Waals surface area contributed by atoms with Gasteiger partial charge in [0.2, 0.25) is 0 Å². The molecular formula is C19H18ClN3O3. The molecule has 1 fully saturated rings. The van der Waals surface area contributed by atoms with Crippen molar-refractivity contribution >= 4 is 28.6 Å². The van der Waals surface area contributed by atoms with Crippen LogP contribution in [0.15, 0.2) is 47.3 Å². The molecule has 7 heteroatoms. The van der Waals surface area contributed by atoms with E-state index in [0.29, 0.717) is 5.02 Å².